The fraction of sp³-hybridized carbons (Fsp3) is 0.600. The lowest BCUT2D eigenvalue weighted by atomic mass is 10.2. The van der Waals surface area contributed by atoms with E-state index < -0.39 is 14.2 Å². The lowest BCUT2D eigenvalue weighted by Crippen LogP contribution is -2.13. The molecular weight excluding hydrogens is 219 g/mol. The van der Waals surface area contributed by atoms with Crippen molar-refractivity contribution in [2.24, 2.45) is 0 Å². The Morgan fingerprint density at radius 1 is 1.64 bits per heavy atom. The van der Waals surface area contributed by atoms with Crippen molar-refractivity contribution >= 4 is 8.25 Å². The number of nitrogens with one attached hydrogen (secondary N) is 1. The summed E-state index contributed by atoms with van der Waals surface area (Å²) in [5.41, 5.74) is 0. The number of alkyl halides is 2. The van der Waals surface area contributed by atoms with E-state index >= 15 is 0 Å². The molecule has 0 radical (unpaired) electrons. The SMILES string of the molecule is CCC(F)(F)c1ncn[nH]1.O=[P+](O)O. The van der Waals surface area contributed by atoms with Crippen LogP contribution in [-0.2, 0) is 10.5 Å². The van der Waals surface area contributed by atoms with Crippen LogP contribution in [0.25, 0.3) is 0 Å². The molecule has 9 heteroatoms. The van der Waals surface area contributed by atoms with Gasteiger partial charge < -0.3 is 0 Å². The van der Waals surface area contributed by atoms with Crippen molar-refractivity contribution < 1.29 is 23.1 Å². The second kappa shape index (κ2) is 5.69. The summed E-state index contributed by atoms with van der Waals surface area (Å²) in [7, 11) is -2.87. The standard InChI is InChI=1S/C5H7F2N3.HO3P/c1-2-5(6,7)4-8-3-9-10-4;1-4(2)3/h3H,2H2,1H3,(H,8,9,10);(H-,1,2,3)/p+1. The predicted molar refractivity (Wildman–Crippen MR) is 42.6 cm³/mol. The Kier molecular flexibility index (Phi) is 5.29. The monoisotopic (exact) mass is 228 g/mol. The molecule has 1 rings (SSSR count). The highest BCUT2D eigenvalue weighted by Gasteiger charge is 2.31. The van der Waals surface area contributed by atoms with Crippen LogP contribution in [-0.4, -0.2) is 25.0 Å². The third kappa shape index (κ3) is 4.90. The second-order valence-electron chi connectivity index (χ2n) is 2.14. The van der Waals surface area contributed by atoms with Gasteiger partial charge in [-0.05, 0) is 0 Å². The second-order valence-corrected chi connectivity index (χ2v) is 2.65. The lowest BCUT2D eigenvalue weighted by Gasteiger charge is -2.08. The average molecular weight is 228 g/mol. The number of hydrogen-bond acceptors (Lipinski definition) is 3. The van der Waals surface area contributed by atoms with Crippen LogP contribution in [0.4, 0.5) is 8.78 Å². The molecule has 6 nitrogen and oxygen atoms in total. The summed E-state index contributed by atoms with van der Waals surface area (Å²) in [4.78, 5) is 17.6. The van der Waals surface area contributed by atoms with Gasteiger partial charge in [0.2, 0.25) is 0 Å². The van der Waals surface area contributed by atoms with Crippen molar-refractivity contribution in [1.82, 2.24) is 15.2 Å². The highest BCUT2D eigenvalue weighted by Crippen LogP contribution is 2.27. The summed E-state index contributed by atoms with van der Waals surface area (Å²) in [5, 5.41) is 5.44. The molecule has 0 aromatic carbocycles. The van der Waals surface area contributed by atoms with Crippen LogP contribution in [0.1, 0.15) is 19.2 Å². The van der Waals surface area contributed by atoms with Gasteiger partial charge in [0, 0.05) is 11.0 Å². The van der Waals surface area contributed by atoms with Crippen molar-refractivity contribution in [2.45, 2.75) is 19.3 Å². The zero-order chi connectivity index (χ0) is 11.2. The minimum atomic E-state index is -2.87. The summed E-state index contributed by atoms with van der Waals surface area (Å²) in [6.45, 7) is 1.39. The molecule has 0 saturated heterocycles. The molecule has 0 spiro atoms. The highest BCUT2D eigenvalue weighted by molar-refractivity contribution is 7.30. The maximum Gasteiger partial charge on any atom is 0.692 e. The fourth-order valence-corrected chi connectivity index (χ4v) is 0.549. The first-order valence-electron chi connectivity index (χ1n) is 3.48. The van der Waals surface area contributed by atoms with Crippen LogP contribution in [0.3, 0.4) is 0 Å². The van der Waals surface area contributed by atoms with E-state index in [1.165, 1.54) is 6.92 Å². The van der Waals surface area contributed by atoms with Gasteiger partial charge in [-0.3, -0.25) is 5.10 Å². The zero-order valence-electron chi connectivity index (χ0n) is 7.18. The zero-order valence-corrected chi connectivity index (χ0v) is 8.08. The van der Waals surface area contributed by atoms with Gasteiger partial charge in [0.1, 0.15) is 6.33 Å². The normalized spacial score (nSPS) is 10.4. The Balaban J connectivity index is 0.000000364. The molecule has 1 aromatic heterocycles. The Hall–Kier alpha value is -0.980. The molecule has 1 heterocycles. The van der Waals surface area contributed by atoms with Crippen molar-refractivity contribution in [3.05, 3.63) is 12.2 Å². The van der Waals surface area contributed by atoms with Gasteiger partial charge in [0.25, 0.3) is 0 Å². The number of nitrogens with zero attached hydrogens (tertiary/aromatic N) is 2. The van der Waals surface area contributed by atoms with Crippen LogP contribution < -0.4 is 0 Å². The first-order chi connectivity index (χ1) is 6.40. The van der Waals surface area contributed by atoms with Gasteiger partial charge in [0.05, 0.1) is 0 Å². The summed E-state index contributed by atoms with van der Waals surface area (Å²) in [6.07, 6.45) is 0.807. The van der Waals surface area contributed by atoms with Gasteiger partial charge in [-0.15, -0.1) is 9.79 Å². The van der Waals surface area contributed by atoms with Gasteiger partial charge >= 0.3 is 14.2 Å². The number of halogens is 2. The quantitative estimate of drug-likeness (QED) is 0.654. The summed E-state index contributed by atoms with van der Waals surface area (Å²) >= 11 is 0. The van der Waals surface area contributed by atoms with E-state index in [9.17, 15) is 8.78 Å². The van der Waals surface area contributed by atoms with Crippen molar-refractivity contribution in [1.29, 1.82) is 0 Å². The van der Waals surface area contributed by atoms with Gasteiger partial charge in [-0.25, -0.2) is 4.98 Å². The summed E-state index contributed by atoms with van der Waals surface area (Å²) < 4.78 is 33.9. The van der Waals surface area contributed by atoms with Gasteiger partial charge in [-0.2, -0.15) is 13.9 Å². The van der Waals surface area contributed by atoms with Crippen molar-refractivity contribution in [3.63, 3.8) is 0 Å². The van der Waals surface area contributed by atoms with E-state index in [1.54, 1.807) is 0 Å². The molecule has 14 heavy (non-hydrogen) atoms. The van der Waals surface area contributed by atoms with Crippen LogP contribution in [0, 0.1) is 0 Å². The Bertz CT molecular complexity index is 276. The van der Waals surface area contributed by atoms with Crippen LogP contribution in [0.5, 0.6) is 0 Å². The fourth-order valence-electron chi connectivity index (χ4n) is 0.549. The number of aromatic nitrogens is 3. The number of H-pyrrole nitrogens is 1. The largest absolute Gasteiger partial charge is 0.692 e. The molecule has 3 N–H and O–H groups in total. The van der Waals surface area contributed by atoms with E-state index in [0.717, 1.165) is 6.33 Å². The topological polar surface area (TPSA) is 99.1 Å². The van der Waals surface area contributed by atoms with Crippen LogP contribution in [0.15, 0.2) is 6.33 Å². The molecule has 0 saturated carbocycles. The number of aromatic amines is 1. The van der Waals surface area contributed by atoms with Crippen molar-refractivity contribution in [3.8, 4) is 0 Å². The molecule has 0 amide bonds. The molecule has 0 bridgehead atoms. The van der Waals surface area contributed by atoms with E-state index in [1.807, 2.05) is 0 Å². The van der Waals surface area contributed by atoms with E-state index in [4.69, 9.17) is 14.4 Å². The number of rotatable bonds is 2. The lowest BCUT2D eigenvalue weighted by molar-refractivity contribution is -0.0172. The van der Waals surface area contributed by atoms with Gasteiger partial charge in [-0.1, -0.05) is 6.92 Å². The Morgan fingerprint density at radius 2 is 2.14 bits per heavy atom. The molecule has 0 aliphatic heterocycles. The summed E-state index contributed by atoms with van der Waals surface area (Å²) in [6, 6.07) is 0. The number of hydrogen-bond donors (Lipinski definition) is 3. The minimum absolute atomic E-state index is 0.262. The molecular formula is C5H9F2N3O3P+. The van der Waals surface area contributed by atoms with Gasteiger partial charge in [0.15, 0.2) is 5.82 Å². The molecule has 1 aromatic rings. The first-order valence-corrected chi connectivity index (χ1v) is 4.65. The average Bonchev–Trinajstić information content (AvgIpc) is 2.55. The predicted octanol–water partition coefficient (Wildman–Crippen LogP) is 0.935. The highest BCUT2D eigenvalue weighted by atomic mass is 31.1. The molecule has 0 atom stereocenters. The smallest absolute Gasteiger partial charge is 0.258 e. The van der Waals surface area contributed by atoms with E-state index in [0.29, 0.717) is 0 Å². The maximum absolute atomic E-state index is 12.6. The van der Waals surface area contributed by atoms with Crippen LogP contribution >= 0.6 is 8.25 Å². The van der Waals surface area contributed by atoms with Crippen molar-refractivity contribution in [2.75, 3.05) is 0 Å². The van der Waals surface area contributed by atoms with E-state index in [2.05, 4.69) is 15.2 Å². The Morgan fingerprint density at radius 3 is 2.43 bits per heavy atom. The summed E-state index contributed by atoms with van der Waals surface area (Å²) in [5.74, 6) is -3.23. The third-order valence-corrected chi connectivity index (χ3v) is 1.21. The molecule has 0 fully saturated rings. The molecule has 80 valence electrons. The first kappa shape index (κ1) is 13.0. The third-order valence-electron chi connectivity index (χ3n) is 1.21. The van der Waals surface area contributed by atoms with E-state index in [-0.39, 0.29) is 12.2 Å². The molecule has 0 unspecified atom stereocenters. The molecule has 0 aliphatic carbocycles. The molecule has 0 aliphatic rings. The van der Waals surface area contributed by atoms with Crippen LogP contribution in [0.2, 0.25) is 0 Å². The minimum Gasteiger partial charge on any atom is -0.258 e. The Labute approximate surface area is 78.9 Å². The maximum atomic E-state index is 12.6.